The molecule has 2 aromatic heterocycles. The number of nitrogens with zero attached hydrogens (tertiary/aromatic N) is 2. The number of benzene rings is 2. The van der Waals surface area contributed by atoms with Crippen LogP contribution in [0.4, 0.5) is 10.5 Å². The molecule has 2 aromatic carbocycles. The minimum absolute atomic E-state index is 0.0753. The first-order valence-corrected chi connectivity index (χ1v) is 16.9. The molecule has 10 nitrogen and oxygen atoms in total. The average Bonchev–Trinajstić information content (AvgIpc) is 3.62. The van der Waals surface area contributed by atoms with E-state index in [2.05, 4.69) is 32.1 Å². The molecule has 1 saturated heterocycles. The van der Waals surface area contributed by atoms with Gasteiger partial charge in [-0.05, 0) is 41.6 Å². The first kappa shape index (κ1) is 30.0. The predicted molar refractivity (Wildman–Crippen MR) is 168 cm³/mol. The maximum atomic E-state index is 13.3. The number of carbonyl (C=O) groups excluding carboxylic acids is 1. The number of hydrogen-bond donors (Lipinski definition) is 4. The SMILES string of the molecule is Cc1ccsc1S(=O)(=O)Nc1cccc2cc(C(=O)NCC(CN3CCN(C(=O)O)CC3)SCc3ccccc3)[nH]c12. The van der Waals surface area contributed by atoms with Crippen LogP contribution in [0.15, 0.2) is 70.3 Å². The molecule has 0 spiro atoms. The number of aromatic amines is 1. The molecule has 0 radical (unpaired) electrons. The number of nitrogens with one attached hydrogen (secondary N) is 3. The summed E-state index contributed by atoms with van der Waals surface area (Å²) < 4.78 is 28.9. The quantitative estimate of drug-likeness (QED) is 0.190. The zero-order valence-electron chi connectivity index (χ0n) is 23.1. The van der Waals surface area contributed by atoms with E-state index in [9.17, 15) is 23.1 Å². The zero-order valence-corrected chi connectivity index (χ0v) is 25.5. The Kier molecular flexibility index (Phi) is 9.41. The summed E-state index contributed by atoms with van der Waals surface area (Å²) in [6.45, 7) is 5.11. The fraction of sp³-hybridized carbons (Fsp3) is 0.310. The van der Waals surface area contributed by atoms with Gasteiger partial charge in [-0.25, -0.2) is 13.2 Å². The average molecular weight is 628 g/mol. The Morgan fingerprint density at radius 1 is 1.07 bits per heavy atom. The minimum atomic E-state index is -3.77. The standard InChI is InChI=1S/C29H33N5O5S3/c1-20-10-15-40-28(20)42(38,39)32-24-9-5-8-22-16-25(31-26(22)24)27(35)30-17-23(41-19-21-6-3-2-4-7-21)18-33-11-13-34(14-12-33)29(36)37/h2-10,15-16,23,31-32H,11-14,17-19H2,1H3,(H,30,35)(H,36,37). The fourth-order valence-electron chi connectivity index (χ4n) is 4.86. The summed E-state index contributed by atoms with van der Waals surface area (Å²) in [5.41, 5.74) is 3.11. The number of aryl methyl sites for hydroxylation is 1. The molecule has 3 heterocycles. The molecular formula is C29H33N5O5S3. The number of aromatic nitrogens is 1. The Morgan fingerprint density at radius 2 is 1.83 bits per heavy atom. The highest BCUT2D eigenvalue weighted by Gasteiger charge is 2.24. The minimum Gasteiger partial charge on any atom is -0.465 e. The summed E-state index contributed by atoms with van der Waals surface area (Å²) in [5, 5.41) is 14.9. The second kappa shape index (κ2) is 13.2. The highest BCUT2D eigenvalue weighted by Crippen LogP contribution is 2.29. The Hall–Kier alpha value is -3.52. The van der Waals surface area contributed by atoms with E-state index in [-0.39, 0.29) is 15.4 Å². The molecule has 1 aliphatic rings. The van der Waals surface area contributed by atoms with Gasteiger partial charge in [0.1, 0.15) is 9.90 Å². The molecule has 0 bridgehead atoms. The number of rotatable bonds is 11. The summed E-state index contributed by atoms with van der Waals surface area (Å²) in [4.78, 5) is 31.3. The van der Waals surface area contributed by atoms with Gasteiger partial charge in [-0.1, -0.05) is 42.5 Å². The van der Waals surface area contributed by atoms with E-state index in [0.29, 0.717) is 61.7 Å². The lowest BCUT2D eigenvalue weighted by atomic mass is 10.2. The number of hydrogen-bond acceptors (Lipinski definition) is 7. The summed E-state index contributed by atoms with van der Waals surface area (Å²) >= 11 is 2.91. The molecule has 1 aliphatic heterocycles. The van der Waals surface area contributed by atoms with Crippen molar-refractivity contribution in [2.45, 2.75) is 22.1 Å². The van der Waals surface area contributed by atoms with E-state index >= 15 is 0 Å². The lowest BCUT2D eigenvalue weighted by Gasteiger charge is -2.35. The van der Waals surface area contributed by atoms with E-state index in [4.69, 9.17) is 0 Å². The van der Waals surface area contributed by atoms with Crippen LogP contribution in [0, 0.1) is 6.92 Å². The maximum Gasteiger partial charge on any atom is 0.407 e. The number of para-hydroxylation sites is 1. The van der Waals surface area contributed by atoms with Gasteiger partial charge < -0.3 is 20.3 Å². The van der Waals surface area contributed by atoms with Crippen LogP contribution in [0.3, 0.4) is 0 Å². The molecule has 2 amide bonds. The molecule has 4 aromatic rings. The first-order chi connectivity index (χ1) is 20.2. The second-order valence-corrected chi connectivity index (χ2v) is 14.2. The molecule has 1 unspecified atom stereocenters. The third-order valence-electron chi connectivity index (χ3n) is 7.13. The Bertz CT molecular complexity index is 1650. The van der Waals surface area contributed by atoms with Crippen molar-refractivity contribution in [1.82, 2.24) is 20.1 Å². The molecular weight excluding hydrogens is 595 g/mol. The van der Waals surface area contributed by atoms with Crippen molar-refractivity contribution in [3.05, 3.63) is 82.9 Å². The molecule has 222 valence electrons. The summed E-state index contributed by atoms with van der Waals surface area (Å²) in [5.74, 6) is 0.505. The Labute approximate surface area is 253 Å². The molecule has 0 aliphatic carbocycles. The highest BCUT2D eigenvalue weighted by molar-refractivity contribution is 7.99. The van der Waals surface area contributed by atoms with Gasteiger partial charge in [-0.3, -0.25) is 14.4 Å². The number of carboxylic acid groups (broad SMARTS) is 1. The van der Waals surface area contributed by atoms with Gasteiger partial charge in [-0.2, -0.15) is 11.8 Å². The summed E-state index contributed by atoms with van der Waals surface area (Å²) in [7, 11) is -3.77. The van der Waals surface area contributed by atoms with E-state index in [1.165, 1.54) is 10.5 Å². The number of sulfonamides is 1. The molecule has 0 saturated carbocycles. The smallest absolute Gasteiger partial charge is 0.407 e. The molecule has 1 fully saturated rings. The van der Waals surface area contributed by atoms with Crippen molar-refractivity contribution in [1.29, 1.82) is 0 Å². The van der Waals surface area contributed by atoms with E-state index in [0.717, 1.165) is 22.5 Å². The third-order valence-corrected chi connectivity index (χ3v) is 11.5. The van der Waals surface area contributed by atoms with Gasteiger partial charge >= 0.3 is 6.09 Å². The van der Waals surface area contributed by atoms with Gasteiger partial charge in [0.05, 0.1) is 11.2 Å². The van der Waals surface area contributed by atoms with Crippen LogP contribution < -0.4 is 10.0 Å². The van der Waals surface area contributed by atoms with Gasteiger partial charge in [0.15, 0.2) is 0 Å². The zero-order chi connectivity index (χ0) is 29.7. The normalized spacial score (nSPS) is 15.0. The fourth-order valence-corrected chi connectivity index (χ4v) is 8.50. The topological polar surface area (TPSA) is 135 Å². The van der Waals surface area contributed by atoms with Gasteiger partial charge in [0, 0.05) is 55.7 Å². The van der Waals surface area contributed by atoms with E-state index < -0.39 is 16.1 Å². The number of anilines is 1. The van der Waals surface area contributed by atoms with Crippen LogP contribution in [0.5, 0.6) is 0 Å². The van der Waals surface area contributed by atoms with Crippen molar-refractivity contribution in [2.24, 2.45) is 0 Å². The van der Waals surface area contributed by atoms with Gasteiger partial charge in [0.2, 0.25) is 0 Å². The van der Waals surface area contributed by atoms with E-state index in [1.54, 1.807) is 48.3 Å². The van der Waals surface area contributed by atoms with Crippen LogP contribution in [0.25, 0.3) is 10.9 Å². The van der Waals surface area contributed by atoms with Crippen LogP contribution in [-0.2, 0) is 15.8 Å². The number of thioether (sulfide) groups is 1. The lowest BCUT2D eigenvalue weighted by molar-refractivity contribution is 0.0937. The number of carbonyl (C=O) groups is 2. The molecule has 42 heavy (non-hydrogen) atoms. The summed E-state index contributed by atoms with van der Waals surface area (Å²) in [6.07, 6.45) is -0.896. The largest absolute Gasteiger partial charge is 0.465 e. The van der Waals surface area contributed by atoms with E-state index in [1.807, 2.05) is 24.3 Å². The number of amides is 2. The molecule has 13 heteroatoms. The van der Waals surface area contributed by atoms with Gasteiger partial charge in [0.25, 0.3) is 15.9 Å². The molecule has 5 rings (SSSR count). The Balaban J connectivity index is 1.26. The van der Waals surface area contributed by atoms with Crippen LogP contribution in [0.1, 0.15) is 21.6 Å². The van der Waals surface area contributed by atoms with Crippen molar-refractivity contribution < 1.29 is 23.1 Å². The molecule has 1 atom stereocenters. The first-order valence-electron chi connectivity index (χ1n) is 13.5. The van der Waals surface area contributed by atoms with Crippen LogP contribution >= 0.6 is 23.1 Å². The van der Waals surface area contributed by atoms with Gasteiger partial charge in [-0.15, -0.1) is 11.3 Å². The highest BCUT2D eigenvalue weighted by atomic mass is 32.2. The monoisotopic (exact) mass is 627 g/mol. The molecule has 4 N–H and O–H groups in total. The van der Waals surface area contributed by atoms with Crippen LogP contribution in [0.2, 0.25) is 0 Å². The maximum absolute atomic E-state index is 13.3. The van der Waals surface area contributed by atoms with Crippen LogP contribution in [-0.4, -0.2) is 84.8 Å². The van der Waals surface area contributed by atoms with Crippen molar-refractivity contribution in [2.75, 3.05) is 44.0 Å². The van der Waals surface area contributed by atoms with Crippen molar-refractivity contribution >= 4 is 61.7 Å². The summed E-state index contributed by atoms with van der Waals surface area (Å²) in [6, 6.07) is 18.9. The second-order valence-electron chi connectivity index (χ2n) is 10.1. The lowest BCUT2D eigenvalue weighted by Crippen LogP contribution is -2.50. The van der Waals surface area contributed by atoms with Crippen molar-refractivity contribution in [3.8, 4) is 0 Å². The number of piperazine rings is 1. The number of fused-ring (bicyclic) bond motifs is 1. The van der Waals surface area contributed by atoms with Crippen molar-refractivity contribution in [3.63, 3.8) is 0 Å². The third kappa shape index (κ3) is 7.27. The Morgan fingerprint density at radius 3 is 2.52 bits per heavy atom. The predicted octanol–water partition coefficient (Wildman–Crippen LogP) is 4.67. The number of thiophene rings is 1. The number of H-pyrrole nitrogens is 1.